The van der Waals surface area contributed by atoms with E-state index in [1.54, 1.807) is 18.2 Å². The Balaban J connectivity index is 1.80. The number of halogens is 1. The van der Waals surface area contributed by atoms with Crippen molar-refractivity contribution in [2.24, 2.45) is 0 Å². The van der Waals surface area contributed by atoms with Crippen molar-refractivity contribution in [3.8, 4) is 0 Å². The number of carboxylic acids is 1. The number of hydrogen-bond acceptors (Lipinski definition) is 4. The molecule has 3 aromatic rings. The lowest BCUT2D eigenvalue weighted by atomic mass is 10.1. The molecule has 1 heterocycles. The molecule has 0 unspecified atom stereocenters. The van der Waals surface area contributed by atoms with Gasteiger partial charge >= 0.3 is 5.97 Å². The van der Waals surface area contributed by atoms with Gasteiger partial charge in [-0.3, -0.25) is 4.90 Å². The topological polar surface area (TPSA) is 66.6 Å². The molecule has 2 aromatic carbocycles. The molecule has 0 atom stereocenters. The Bertz CT molecular complexity index is 849. The molecule has 0 aliphatic rings. The summed E-state index contributed by atoms with van der Waals surface area (Å²) in [6, 6.07) is 16.3. The van der Waals surface area contributed by atoms with E-state index in [9.17, 15) is 9.18 Å². The van der Waals surface area contributed by atoms with E-state index in [1.165, 1.54) is 6.07 Å². The molecule has 1 aromatic heterocycles. The molecule has 0 bridgehead atoms. The van der Waals surface area contributed by atoms with Crippen molar-refractivity contribution in [1.82, 2.24) is 9.88 Å². The van der Waals surface area contributed by atoms with Gasteiger partial charge in [0.1, 0.15) is 12.1 Å². The van der Waals surface area contributed by atoms with Crippen LogP contribution >= 0.6 is 0 Å². The Morgan fingerprint density at radius 3 is 2.44 bits per heavy atom. The number of nitrogens with zero attached hydrogens (tertiary/aromatic N) is 2. The van der Waals surface area contributed by atoms with Gasteiger partial charge in [-0.25, -0.2) is 14.2 Å². The van der Waals surface area contributed by atoms with E-state index in [0.29, 0.717) is 18.7 Å². The largest absolute Gasteiger partial charge is 0.476 e. The highest BCUT2D eigenvalue weighted by Crippen LogP contribution is 2.16. The first-order chi connectivity index (χ1) is 12.1. The third kappa shape index (κ3) is 4.51. The second-order valence-electron chi connectivity index (χ2n) is 5.65. The van der Waals surface area contributed by atoms with Gasteiger partial charge in [-0.05, 0) is 11.6 Å². The maximum Gasteiger partial charge on any atom is 0.357 e. The van der Waals surface area contributed by atoms with Crippen molar-refractivity contribution < 1.29 is 18.7 Å². The smallest absolute Gasteiger partial charge is 0.357 e. The zero-order valence-corrected chi connectivity index (χ0v) is 13.4. The van der Waals surface area contributed by atoms with Crippen LogP contribution in [-0.2, 0) is 19.6 Å². The van der Waals surface area contributed by atoms with Crippen LogP contribution in [0.2, 0.25) is 0 Å². The maximum atomic E-state index is 14.0. The minimum atomic E-state index is -1.14. The predicted octanol–water partition coefficient (Wildman–Crippen LogP) is 3.71. The van der Waals surface area contributed by atoms with E-state index in [-0.39, 0.29) is 23.9 Å². The molecule has 0 amide bonds. The average Bonchev–Trinajstić information content (AvgIpc) is 3.07. The Hall–Kier alpha value is -2.99. The fourth-order valence-corrected chi connectivity index (χ4v) is 2.55. The molecule has 0 spiro atoms. The molecule has 3 rings (SSSR count). The van der Waals surface area contributed by atoms with Gasteiger partial charge in [-0.1, -0.05) is 48.5 Å². The lowest BCUT2D eigenvalue weighted by molar-refractivity contribution is 0.0690. The number of rotatable bonds is 7. The van der Waals surface area contributed by atoms with Crippen LogP contribution in [0.3, 0.4) is 0 Å². The van der Waals surface area contributed by atoms with Crippen molar-refractivity contribution >= 4 is 5.97 Å². The van der Waals surface area contributed by atoms with E-state index in [0.717, 1.165) is 11.8 Å². The molecular formula is C19H17FN2O3. The first-order valence-corrected chi connectivity index (χ1v) is 7.79. The van der Waals surface area contributed by atoms with Gasteiger partial charge in [0.2, 0.25) is 5.89 Å². The summed E-state index contributed by atoms with van der Waals surface area (Å²) in [6.07, 6.45) is 1.11. The van der Waals surface area contributed by atoms with Crippen LogP contribution in [0.5, 0.6) is 0 Å². The standard InChI is InChI=1S/C19H17FN2O3/c20-16-9-5-4-8-15(16)11-22(10-14-6-2-1-3-7-14)12-18-21-17(13-25-18)19(23)24/h1-9,13H,10-12H2,(H,23,24). The van der Waals surface area contributed by atoms with E-state index >= 15 is 0 Å². The van der Waals surface area contributed by atoms with Gasteiger partial charge in [-0.15, -0.1) is 0 Å². The van der Waals surface area contributed by atoms with Crippen LogP contribution in [0.25, 0.3) is 0 Å². The van der Waals surface area contributed by atoms with Gasteiger partial charge in [-0.2, -0.15) is 0 Å². The Morgan fingerprint density at radius 1 is 1.04 bits per heavy atom. The molecule has 6 heteroatoms. The Morgan fingerprint density at radius 2 is 1.76 bits per heavy atom. The molecule has 1 N–H and O–H groups in total. The highest BCUT2D eigenvalue weighted by molar-refractivity contribution is 5.84. The molecule has 0 radical (unpaired) electrons. The lowest BCUT2D eigenvalue weighted by Crippen LogP contribution is -2.23. The third-order valence-electron chi connectivity index (χ3n) is 3.73. The summed E-state index contributed by atoms with van der Waals surface area (Å²) in [4.78, 5) is 16.8. The van der Waals surface area contributed by atoms with Crippen LogP contribution in [0.15, 0.2) is 65.3 Å². The predicted molar refractivity (Wildman–Crippen MR) is 89.3 cm³/mol. The van der Waals surface area contributed by atoms with Crippen molar-refractivity contribution in [3.05, 3.63) is 89.4 Å². The third-order valence-corrected chi connectivity index (χ3v) is 3.73. The number of carboxylic acid groups (broad SMARTS) is 1. The minimum absolute atomic E-state index is 0.138. The van der Waals surface area contributed by atoms with E-state index in [2.05, 4.69) is 4.98 Å². The number of oxazole rings is 1. The number of benzene rings is 2. The summed E-state index contributed by atoms with van der Waals surface area (Å²) in [7, 11) is 0. The summed E-state index contributed by atoms with van der Waals surface area (Å²) in [5.41, 5.74) is 1.48. The summed E-state index contributed by atoms with van der Waals surface area (Å²) in [6.45, 7) is 1.18. The Labute approximate surface area is 144 Å². The van der Waals surface area contributed by atoms with Gasteiger partial charge < -0.3 is 9.52 Å². The van der Waals surface area contributed by atoms with E-state index in [1.807, 2.05) is 35.2 Å². The van der Waals surface area contributed by atoms with Crippen molar-refractivity contribution in [1.29, 1.82) is 0 Å². The highest BCUT2D eigenvalue weighted by Gasteiger charge is 2.16. The molecule has 128 valence electrons. The summed E-state index contributed by atoms with van der Waals surface area (Å²) in [5, 5.41) is 8.95. The number of aromatic nitrogens is 1. The first-order valence-electron chi connectivity index (χ1n) is 7.79. The fourth-order valence-electron chi connectivity index (χ4n) is 2.55. The second-order valence-corrected chi connectivity index (χ2v) is 5.65. The molecular weight excluding hydrogens is 323 g/mol. The minimum Gasteiger partial charge on any atom is -0.476 e. The van der Waals surface area contributed by atoms with Crippen LogP contribution in [-0.4, -0.2) is 21.0 Å². The molecule has 0 fully saturated rings. The van der Waals surface area contributed by atoms with Crippen LogP contribution < -0.4 is 0 Å². The van der Waals surface area contributed by atoms with Crippen LogP contribution in [0.1, 0.15) is 27.5 Å². The first kappa shape index (κ1) is 16.9. The number of hydrogen-bond donors (Lipinski definition) is 1. The van der Waals surface area contributed by atoms with Gasteiger partial charge in [0.25, 0.3) is 0 Å². The van der Waals surface area contributed by atoms with Gasteiger partial charge in [0, 0.05) is 18.7 Å². The van der Waals surface area contributed by atoms with Gasteiger partial charge in [0.05, 0.1) is 6.54 Å². The zero-order valence-electron chi connectivity index (χ0n) is 13.4. The average molecular weight is 340 g/mol. The number of aromatic carboxylic acids is 1. The molecule has 25 heavy (non-hydrogen) atoms. The van der Waals surface area contributed by atoms with E-state index < -0.39 is 5.97 Å². The monoisotopic (exact) mass is 340 g/mol. The Kier molecular flexibility index (Phi) is 5.20. The van der Waals surface area contributed by atoms with Crippen LogP contribution in [0, 0.1) is 5.82 Å². The SMILES string of the molecule is O=C(O)c1coc(CN(Cc2ccccc2)Cc2ccccc2F)n1. The highest BCUT2D eigenvalue weighted by atomic mass is 19.1. The zero-order chi connectivity index (χ0) is 17.6. The molecule has 0 aliphatic carbocycles. The molecule has 0 aliphatic heterocycles. The summed E-state index contributed by atoms with van der Waals surface area (Å²) >= 11 is 0. The quantitative estimate of drug-likeness (QED) is 0.710. The van der Waals surface area contributed by atoms with Crippen molar-refractivity contribution in [3.63, 3.8) is 0 Å². The maximum absolute atomic E-state index is 14.0. The molecule has 0 saturated heterocycles. The molecule has 0 saturated carbocycles. The lowest BCUT2D eigenvalue weighted by Gasteiger charge is -2.21. The fraction of sp³-hybridized carbons (Fsp3) is 0.158. The normalized spacial score (nSPS) is 11.0. The molecule has 5 nitrogen and oxygen atoms in total. The van der Waals surface area contributed by atoms with Crippen LogP contribution in [0.4, 0.5) is 4.39 Å². The second kappa shape index (κ2) is 7.72. The van der Waals surface area contributed by atoms with Crippen molar-refractivity contribution in [2.45, 2.75) is 19.6 Å². The van der Waals surface area contributed by atoms with E-state index in [4.69, 9.17) is 9.52 Å². The summed E-state index contributed by atoms with van der Waals surface area (Å²) < 4.78 is 19.2. The number of carbonyl (C=O) groups is 1. The van der Waals surface area contributed by atoms with Gasteiger partial charge in [0.15, 0.2) is 5.69 Å². The summed E-state index contributed by atoms with van der Waals surface area (Å²) in [5.74, 6) is -1.14. The van der Waals surface area contributed by atoms with Crippen molar-refractivity contribution in [2.75, 3.05) is 0 Å².